The van der Waals surface area contributed by atoms with Crippen LogP contribution in [0.4, 0.5) is 0 Å². The quantitative estimate of drug-likeness (QED) is 0.939. The third-order valence-electron chi connectivity index (χ3n) is 3.74. The maximum absolute atomic E-state index is 11.1. The van der Waals surface area contributed by atoms with E-state index in [-0.39, 0.29) is 12.5 Å². The van der Waals surface area contributed by atoms with E-state index in [9.17, 15) is 4.79 Å². The molecule has 1 N–H and O–H groups in total. The minimum absolute atomic E-state index is 0.0000699. The molecule has 0 saturated heterocycles. The van der Waals surface area contributed by atoms with Gasteiger partial charge in [-0.2, -0.15) is 0 Å². The molecule has 0 saturated carbocycles. The Morgan fingerprint density at radius 2 is 2.19 bits per heavy atom. The van der Waals surface area contributed by atoms with Crippen LogP contribution < -0.4 is 0 Å². The SMILES string of the molecule is O=C(O)C[C@@H]1Cc2ccccc2CN1Cc1ncc(Cl)s1. The maximum Gasteiger partial charge on any atom is 0.304 e. The molecule has 0 aliphatic carbocycles. The summed E-state index contributed by atoms with van der Waals surface area (Å²) in [6.45, 7) is 1.40. The molecule has 0 spiro atoms. The van der Waals surface area contributed by atoms with Crippen molar-refractivity contribution in [2.24, 2.45) is 0 Å². The molecule has 1 aromatic heterocycles. The standard InChI is InChI=1S/C15H15ClN2O2S/c16-13-7-17-14(21-13)9-18-8-11-4-2-1-3-10(11)5-12(18)6-15(19)20/h1-4,7,12H,5-6,8-9H2,(H,19,20)/t12-/m0/s1. The molecule has 3 rings (SSSR count). The highest BCUT2D eigenvalue weighted by atomic mass is 35.5. The van der Waals surface area contributed by atoms with Crippen molar-refractivity contribution in [1.29, 1.82) is 0 Å². The Bertz CT molecular complexity index is 659. The van der Waals surface area contributed by atoms with Crippen molar-refractivity contribution in [2.75, 3.05) is 0 Å². The minimum atomic E-state index is -0.762. The molecule has 0 radical (unpaired) electrons. The van der Waals surface area contributed by atoms with Gasteiger partial charge in [0.1, 0.15) is 9.34 Å². The van der Waals surface area contributed by atoms with Crippen LogP contribution in [0.3, 0.4) is 0 Å². The van der Waals surface area contributed by atoms with Crippen LogP contribution in [0.15, 0.2) is 30.5 Å². The molecule has 21 heavy (non-hydrogen) atoms. The third-order valence-corrected chi connectivity index (χ3v) is 4.84. The van der Waals surface area contributed by atoms with Crippen molar-refractivity contribution in [1.82, 2.24) is 9.88 Å². The fourth-order valence-electron chi connectivity index (χ4n) is 2.76. The van der Waals surface area contributed by atoms with Gasteiger partial charge in [-0.3, -0.25) is 9.69 Å². The molecule has 0 unspecified atom stereocenters. The first-order chi connectivity index (χ1) is 10.1. The van der Waals surface area contributed by atoms with Gasteiger partial charge in [0.25, 0.3) is 0 Å². The first-order valence-corrected chi connectivity index (χ1v) is 7.94. The predicted molar refractivity (Wildman–Crippen MR) is 82.6 cm³/mol. The number of halogens is 1. The average molecular weight is 323 g/mol. The van der Waals surface area contributed by atoms with E-state index in [2.05, 4.69) is 22.0 Å². The summed E-state index contributed by atoms with van der Waals surface area (Å²) in [5.74, 6) is -0.762. The Labute approximate surface area is 132 Å². The second-order valence-electron chi connectivity index (χ2n) is 5.19. The lowest BCUT2D eigenvalue weighted by Gasteiger charge is -2.35. The first-order valence-electron chi connectivity index (χ1n) is 6.74. The number of nitrogens with zero attached hydrogens (tertiary/aromatic N) is 2. The van der Waals surface area contributed by atoms with Crippen LogP contribution in [-0.4, -0.2) is 27.0 Å². The highest BCUT2D eigenvalue weighted by Gasteiger charge is 2.28. The van der Waals surface area contributed by atoms with Gasteiger partial charge < -0.3 is 5.11 Å². The van der Waals surface area contributed by atoms with E-state index in [1.54, 1.807) is 6.20 Å². The number of benzene rings is 1. The van der Waals surface area contributed by atoms with Gasteiger partial charge in [-0.1, -0.05) is 35.9 Å². The molecule has 1 aliphatic heterocycles. The van der Waals surface area contributed by atoms with Gasteiger partial charge in [0.15, 0.2) is 0 Å². The molecule has 2 aromatic rings. The molecular formula is C15H15ClN2O2S. The Balaban J connectivity index is 1.83. The highest BCUT2D eigenvalue weighted by molar-refractivity contribution is 7.15. The van der Waals surface area contributed by atoms with Crippen molar-refractivity contribution in [3.63, 3.8) is 0 Å². The van der Waals surface area contributed by atoms with E-state index in [1.807, 2.05) is 12.1 Å². The fraction of sp³-hybridized carbons (Fsp3) is 0.333. The molecule has 110 valence electrons. The summed E-state index contributed by atoms with van der Waals surface area (Å²) < 4.78 is 0.664. The third kappa shape index (κ3) is 3.43. The van der Waals surface area contributed by atoms with E-state index in [0.717, 1.165) is 18.0 Å². The number of carboxylic acid groups (broad SMARTS) is 1. The molecule has 2 heterocycles. The maximum atomic E-state index is 11.1. The molecule has 1 aliphatic rings. The van der Waals surface area contributed by atoms with Crippen molar-refractivity contribution in [2.45, 2.75) is 32.0 Å². The Kier molecular flexibility index (Phi) is 4.24. The molecule has 1 aromatic carbocycles. The predicted octanol–water partition coefficient (Wildman–Crippen LogP) is 3.20. The first kappa shape index (κ1) is 14.5. The van der Waals surface area contributed by atoms with Crippen LogP contribution in [0.1, 0.15) is 22.6 Å². The number of thiazole rings is 1. The summed E-state index contributed by atoms with van der Waals surface area (Å²) in [5, 5.41) is 10.1. The van der Waals surface area contributed by atoms with Gasteiger partial charge in [0.2, 0.25) is 0 Å². The topological polar surface area (TPSA) is 53.4 Å². The molecule has 1 atom stereocenters. The number of fused-ring (bicyclic) bond motifs is 1. The number of rotatable bonds is 4. The Morgan fingerprint density at radius 3 is 2.86 bits per heavy atom. The normalized spacial score (nSPS) is 18.4. The van der Waals surface area contributed by atoms with Crippen molar-refractivity contribution in [3.05, 3.63) is 50.9 Å². The average Bonchev–Trinajstić information content (AvgIpc) is 2.84. The summed E-state index contributed by atoms with van der Waals surface area (Å²) in [6.07, 6.45) is 2.56. The van der Waals surface area contributed by atoms with E-state index < -0.39 is 5.97 Å². The largest absolute Gasteiger partial charge is 0.481 e. The highest BCUT2D eigenvalue weighted by Crippen LogP contribution is 2.28. The summed E-state index contributed by atoms with van der Waals surface area (Å²) in [5.41, 5.74) is 2.51. The molecule has 4 nitrogen and oxygen atoms in total. The van der Waals surface area contributed by atoms with E-state index in [1.165, 1.54) is 22.5 Å². The van der Waals surface area contributed by atoms with Crippen LogP contribution in [0, 0.1) is 0 Å². The van der Waals surface area contributed by atoms with Crippen LogP contribution in [-0.2, 0) is 24.3 Å². The molecule has 6 heteroatoms. The lowest BCUT2D eigenvalue weighted by atomic mass is 9.92. The lowest BCUT2D eigenvalue weighted by molar-refractivity contribution is -0.138. The zero-order chi connectivity index (χ0) is 14.8. The Hall–Kier alpha value is -1.43. The van der Waals surface area contributed by atoms with Gasteiger partial charge >= 0.3 is 5.97 Å². The smallest absolute Gasteiger partial charge is 0.304 e. The minimum Gasteiger partial charge on any atom is -0.481 e. The summed E-state index contributed by atoms with van der Waals surface area (Å²) in [4.78, 5) is 17.6. The van der Waals surface area contributed by atoms with E-state index in [4.69, 9.17) is 16.7 Å². The van der Waals surface area contributed by atoms with Gasteiger partial charge in [-0.15, -0.1) is 11.3 Å². The lowest BCUT2D eigenvalue weighted by Crippen LogP contribution is -2.41. The van der Waals surface area contributed by atoms with Crippen LogP contribution in [0.2, 0.25) is 4.34 Å². The van der Waals surface area contributed by atoms with Crippen molar-refractivity contribution in [3.8, 4) is 0 Å². The fourth-order valence-corrected chi connectivity index (χ4v) is 3.75. The number of carbonyl (C=O) groups is 1. The molecule has 0 bridgehead atoms. The summed E-state index contributed by atoms with van der Waals surface area (Å²) in [6, 6.07) is 8.22. The summed E-state index contributed by atoms with van der Waals surface area (Å²) in [7, 11) is 0. The van der Waals surface area contributed by atoms with Crippen LogP contribution in [0.5, 0.6) is 0 Å². The Morgan fingerprint density at radius 1 is 1.43 bits per heavy atom. The summed E-state index contributed by atoms with van der Waals surface area (Å²) >= 11 is 7.37. The zero-order valence-corrected chi connectivity index (χ0v) is 12.9. The van der Waals surface area contributed by atoms with Crippen LogP contribution in [0.25, 0.3) is 0 Å². The van der Waals surface area contributed by atoms with Crippen molar-refractivity contribution < 1.29 is 9.90 Å². The van der Waals surface area contributed by atoms with E-state index >= 15 is 0 Å². The zero-order valence-electron chi connectivity index (χ0n) is 11.3. The second-order valence-corrected chi connectivity index (χ2v) is 6.93. The van der Waals surface area contributed by atoms with E-state index in [0.29, 0.717) is 10.9 Å². The number of carboxylic acids is 1. The number of aliphatic carboxylic acids is 1. The number of hydrogen-bond acceptors (Lipinski definition) is 4. The second kappa shape index (κ2) is 6.13. The molecule has 0 amide bonds. The van der Waals surface area contributed by atoms with Crippen molar-refractivity contribution >= 4 is 28.9 Å². The molecule has 0 fully saturated rings. The molecular weight excluding hydrogens is 308 g/mol. The van der Waals surface area contributed by atoms with Gasteiger partial charge in [-0.25, -0.2) is 4.98 Å². The monoisotopic (exact) mass is 322 g/mol. The number of hydrogen-bond donors (Lipinski definition) is 1. The van der Waals surface area contributed by atoms with Gasteiger partial charge in [0.05, 0.1) is 19.2 Å². The number of aromatic nitrogens is 1. The van der Waals surface area contributed by atoms with Crippen LogP contribution >= 0.6 is 22.9 Å². The van der Waals surface area contributed by atoms with Gasteiger partial charge in [-0.05, 0) is 17.5 Å². The van der Waals surface area contributed by atoms with Gasteiger partial charge in [0, 0.05) is 12.6 Å².